The molecule has 5 aliphatic rings. The number of carbonyl (C=O) groups is 2. The zero-order valence-corrected chi connectivity index (χ0v) is 18.5. The molecule has 5 aliphatic carbocycles. The molecule has 3 amide bonds. The Morgan fingerprint density at radius 2 is 1.48 bits per heavy atom. The molecule has 0 aromatic heterocycles. The second kappa shape index (κ2) is 8.36. The number of hydrogen-bond acceptors (Lipinski definition) is 3. The van der Waals surface area contributed by atoms with Crippen molar-refractivity contribution in [3.63, 3.8) is 0 Å². The van der Waals surface area contributed by atoms with E-state index in [9.17, 15) is 9.59 Å². The van der Waals surface area contributed by atoms with Crippen LogP contribution in [-0.4, -0.2) is 36.7 Å². The van der Waals surface area contributed by atoms with E-state index in [2.05, 4.69) is 16.0 Å². The fourth-order valence-corrected chi connectivity index (χ4v) is 7.07. The Labute approximate surface area is 184 Å². The van der Waals surface area contributed by atoms with Crippen LogP contribution >= 0.6 is 0 Å². The van der Waals surface area contributed by atoms with Gasteiger partial charge in [-0.2, -0.15) is 0 Å². The van der Waals surface area contributed by atoms with Crippen molar-refractivity contribution in [2.75, 3.05) is 7.05 Å². The van der Waals surface area contributed by atoms with E-state index in [-0.39, 0.29) is 29.6 Å². The predicted octanol–water partition coefficient (Wildman–Crippen LogP) is 4.00. The van der Waals surface area contributed by atoms with Crippen LogP contribution in [0.2, 0.25) is 0 Å². The first-order chi connectivity index (χ1) is 15.0. The molecule has 1 aromatic rings. The van der Waals surface area contributed by atoms with E-state index >= 15 is 0 Å². The predicted molar refractivity (Wildman–Crippen MR) is 119 cm³/mol. The van der Waals surface area contributed by atoms with E-state index in [0.29, 0.717) is 5.56 Å². The van der Waals surface area contributed by atoms with E-state index in [4.69, 9.17) is 4.74 Å². The zero-order valence-electron chi connectivity index (χ0n) is 18.5. The van der Waals surface area contributed by atoms with Crippen LogP contribution in [0.3, 0.4) is 0 Å². The number of rotatable bonds is 5. The molecule has 5 fully saturated rings. The molecule has 31 heavy (non-hydrogen) atoms. The molecule has 0 spiro atoms. The average molecular weight is 426 g/mol. The van der Waals surface area contributed by atoms with Gasteiger partial charge in [-0.05, 0) is 106 Å². The van der Waals surface area contributed by atoms with Crippen molar-refractivity contribution in [1.29, 1.82) is 0 Å². The first-order valence-electron chi connectivity index (χ1n) is 12.1. The van der Waals surface area contributed by atoms with Crippen LogP contribution in [0.15, 0.2) is 24.3 Å². The highest BCUT2D eigenvalue weighted by Crippen LogP contribution is 2.55. The Morgan fingerprint density at radius 3 is 2.03 bits per heavy atom. The van der Waals surface area contributed by atoms with Gasteiger partial charge in [0.05, 0.1) is 6.10 Å². The number of carbonyl (C=O) groups excluding carboxylic acids is 2. The van der Waals surface area contributed by atoms with Gasteiger partial charge >= 0.3 is 6.03 Å². The van der Waals surface area contributed by atoms with Crippen LogP contribution < -0.4 is 20.7 Å². The standard InChI is InChI=1S/C25H35N3O3/c1-26-23(29)19-2-6-21(7-3-19)31-22-8-4-20(5-9-22)27-24(30)28-25-13-16-10-17(14-25)12-18(11-16)15-25/h2-3,6-7,16-18,20,22H,4-5,8-15H2,1H3,(H,26,29)(H2,27,28,30)/t16?,17?,18?,20-,22-,25?. The minimum atomic E-state index is -0.0926. The third kappa shape index (κ3) is 4.53. The van der Waals surface area contributed by atoms with Crippen molar-refractivity contribution in [1.82, 2.24) is 16.0 Å². The maximum atomic E-state index is 12.8. The van der Waals surface area contributed by atoms with Crippen LogP contribution in [0.25, 0.3) is 0 Å². The van der Waals surface area contributed by atoms with Crippen molar-refractivity contribution in [3.05, 3.63) is 29.8 Å². The van der Waals surface area contributed by atoms with E-state index in [1.54, 1.807) is 19.2 Å². The van der Waals surface area contributed by atoms with Crippen LogP contribution in [0.5, 0.6) is 5.75 Å². The first kappa shape index (κ1) is 20.7. The van der Waals surface area contributed by atoms with Gasteiger partial charge in [0.15, 0.2) is 0 Å². The molecule has 0 unspecified atom stereocenters. The number of hydrogen-bond donors (Lipinski definition) is 3. The topological polar surface area (TPSA) is 79.5 Å². The molecular weight excluding hydrogens is 390 g/mol. The summed E-state index contributed by atoms with van der Waals surface area (Å²) in [5.41, 5.74) is 0.702. The van der Waals surface area contributed by atoms with Crippen LogP contribution in [0.1, 0.15) is 74.6 Å². The molecule has 4 bridgehead atoms. The number of nitrogens with one attached hydrogen (secondary N) is 3. The molecule has 1 aromatic carbocycles. The summed E-state index contributed by atoms with van der Waals surface area (Å²) in [6.07, 6.45) is 11.6. The molecule has 6 heteroatoms. The van der Waals surface area contributed by atoms with Crippen molar-refractivity contribution >= 4 is 11.9 Å². The second-order valence-electron chi connectivity index (χ2n) is 10.5. The molecule has 0 atom stereocenters. The Kier molecular flexibility index (Phi) is 5.57. The van der Waals surface area contributed by atoms with Crippen LogP contribution in [0.4, 0.5) is 4.79 Å². The first-order valence-corrected chi connectivity index (χ1v) is 12.1. The molecule has 168 valence electrons. The highest BCUT2D eigenvalue weighted by molar-refractivity contribution is 5.94. The fourth-order valence-electron chi connectivity index (χ4n) is 7.07. The lowest BCUT2D eigenvalue weighted by molar-refractivity contribution is -0.0138. The summed E-state index contributed by atoms with van der Waals surface area (Å²) in [5, 5.41) is 9.31. The van der Waals surface area contributed by atoms with Crippen LogP contribution in [0, 0.1) is 17.8 Å². The number of ether oxygens (including phenoxy) is 1. The number of urea groups is 1. The molecule has 3 N–H and O–H groups in total. The van der Waals surface area contributed by atoms with E-state index in [0.717, 1.165) is 49.2 Å². The Bertz CT molecular complexity index is 779. The molecular formula is C25H35N3O3. The molecule has 6 rings (SSSR count). The van der Waals surface area contributed by atoms with E-state index in [1.165, 1.54) is 38.5 Å². The van der Waals surface area contributed by atoms with Gasteiger partial charge in [0, 0.05) is 24.2 Å². The summed E-state index contributed by atoms with van der Waals surface area (Å²) in [5.74, 6) is 3.22. The van der Waals surface area contributed by atoms with E-state index < -0.39 is 0 Å². The largest absolute Gasteiger partial charge is 0.490 e. The van der Waals surface area contributed by atoms with Gasteiger partial charge in [-0.3, -0.25) is 4.79 Å². The van der Waals surface area contributed by atoms with Crippen molar-refractivity contribution < 1.29 is 14.3 Å². The van der Waals surface area contributed by atoms with Gasteiger partial charge in [0.1, 0.15) is 5.75 Å². The van der Waals surface area contributed by atoms with Crippen molar-refractivity contribution in [3.8, 4) is 5.75 Å². The SMILES string of the molecule is CNC(=O)c1ccc(O[C@H]2CC[C@H](NC(=O)NC34CC5CC(CC(C5)C3)C4)CC2)cc1. The van der Waals surface area contributed by atoms with Gasteiger partial charge < -0.3 is 20.7 Å². The highest BCUT2D eigenvalue weighted by atomic mass is 16.5. The number of amides is 3. The number of benzene rings is 1. The lowest BCUT2D eigenvalue weighted by Gasteiger charge is -2.56. The Morgan fingerprint density at radius 1 is 0.903 bits per heavy atom. The van der Waals surface area contributed by atoms with Crippen LogP contribution in [-0.2, 0) is 0 Å². The Balaban J connectivity index is 1.07. The smallest absolute Gasteiger partial charge is 0.315 e. The van der Waals surface area contributed by atoms with Crippen molar-refractivity contribution in [2.24, 2.45) is 17.8 Å². The lowest BCUT2D eigenvalue weighted by atomic mass is 9.53. The lowest BCUT2D eigenvalue weighted by Crippen LogP contribution is -2.62. The fraction of sp³-hybridized carbons (Fsp3) is 0.680. The van der Waals surface area contributed by atoms with Crippen molar-refractivity contribution in [2.45, 2.75) is 81.9 Å². The highest BCUT2D eigenvalue weighted by Gasteiger charge is 2.51. The van der Waals surface area contributed by atoms with Gasteiger partial charge in [-0.1, -0.05) is 0 Å². The third-order valence-electron chi connectivity index (χ3n) is 8.07. The summed E-state index contributed by atoms with van der Waals surface area (Å²) in [6, 6.07) is 7.55. The molecule has 0 saturated heterocycles. The second-order valence-corrected chi connectivity index (χ2v) is 10.5. The third-order valence-corrected chi connectivity index (χ3v) is 8.07. The van der Waals surface area contributed by atoms with Gasteiger partial charge in [0.25, 0.3) is 5.91 Å². The summed E-state index contributed by atoms with van der Waals surface area (Å²) >= 11 is 0. The molecule has 5 saturated carbocycles. The quantitative estimate of drug-likeness (QED) is 0.667. The maximum Gasteiger partial charge on any atom is 0.315 e. The van der Waals surface area contributed by atoms with E-state index in [1.807, 2.05) is 12.1 Å². The monoisotopic (exact) mass is 425 g/mol. The summed E-state index contributed by atoms with van der Waals surface area (Å²) in [7, 11) is 1.63. The van der Waals surface area contributed by atoms with Gasteiger partial charge in [-0.15, -0.1) is 0 Å². The minimum absolute atomic E-state index is 0.0381. The maximum absolute atomic E-state index is 12.8. The van der Waals surface area contributed by atoms with Gasteiger partial charge in [0.2, 0.25) is 0 Å². The summed E-state index contributed by atoms with van der Waals surface area (Å²) < 4.78 is 6.11. The Hall–Kier alpha value is -2.24. The molecule has 0 radical (unpaired) electrons. The zero-order chi connectivity index (χ0) is 21.4. The molecule has 0 aliphatic heterocycles. The molecule has 0 heterocycles. The van der Waals surface area contributed by atoms with Gasteiger partial charge in [-0.25, -0.2) is 4.79 Å². The average Bonchev–Trinajstić information content (AvgIpc) is 2.73. The normalized spacial score (nSPS) is 36.0. The summed E-state index contributed by atoms with van der Waals surface area (Å²) in [6.45, 7) is 0. The summed E-state index contributed by atoms with van der Waals surface area (Å²) in [4.78, 5) is 24.4. The molecule has 6 nitrogen and oxygen atoms in total. The minimum Gasteiger partial charge on any atom is -0.490 e.